The summed E-state index contributed by atoms with van der Waals surface area (Å²) in [4.78, 5) is 0. The van der Waals surface area contributed by atoms with Gasteiger partial charge in [0, 0.05) is 12.8 Å². The van der Waals surface area contributed by atoms with Crippen LogP contribution in [0, 0.1) is 11.3 Å². The molecule has 0 saturated carbocycles. The Morgan fingerprint density at radius 3 is 2.43 bits per heavy atom. The molecule has 14 heavy (non-hydrogen) atoms. The van der Waals surface area contributed by atoms with Crippen molar-refractivity contribution in [2.45, 2.75) is 44.5 Å². The molecule has 2 atom stereocenters. The van der Waals surface area contributed by atoms with E-state index >= 15 is 0 Å². The van der Waals surface area contributed by atoms with Crippen LogP contribution in [0.3, 0.4) is 0 Å². The molecule has 4 heteroatoms. The van der Waals surface area contributed by atoms with Gasteiger partial charge in [-0.25, -0.2) is 0 Å². The summed E-state index contributed by atoms with van der Waals surface area (Å²) >= 11 is 0. The largest absolute Gasteiger partial charge is 0.391 e. The van der Waals surface area contributed by atoms with Crippen molar-refractivity contribution < 1.29 is 14.6 Å². The van der Waals surface area contributed by atoms with Gasteiger partial charge in [0.1, 0.15) is 0 Å². The van der Waals surface area contributed by atoms with Crippen molar-refractivity contribution in [3.8, 4) is 6.07 Å². The molecule has 1 N–H and O–H groups in total. The Hall–Kier alpha value is -0.630. The maximum Gasteiger partial charge on any atom is 0.159 e. The molecular formula is C10H17NO3. The highest BCUT2D eigenvalue weighted by Gasteiger charge is 2.36. The smallest absolute Gasteiger partial charge is 0.159 e. The fourth-order valence-corrected chi connectivity index (χ4v) is 1.41. The second-order valence-electron chi connectivity index (χ2n) is 3.78. The van der Waals surface area contributed by atoms with Crippen LogP contribution >= 0.6 is 0 Å². The maximum absolute atomic E-state index is 9.30. The molecule has 0 bridgehead atoms. The lowest BCUT2D eigenvalue weighted by atomic mass is 9.95. The van der Waals surface area contributed by atoms with Crippen molar-refractivity contribution in [2.24, 2.45) is 0 Å². The second-order valence-corrected chi connectivity index (χ2v) is 3.78. The molecular weight excluding hydrogens is 182 g/mol. The number of nitrogens with zero attached hydrogens (tertiary/aromatic N) is 1. The summed E-state index contributed by atoms with van der Waals surface area (Å²) in [5.74, 6) is 0. The molecule has 1 fully saturated rings. The zero-order valence-corrected chi connectivity index (χ0v) is 8.69. The van der Waals surface area contributed by atoms with Crippen LogP contribution in [0.5, 0.6) is 0 Å². The number of aliphatic hydroxyl groups is 1. The topological polar surface area (TPSA) is 62.5 Å². The summed E-state index contributed by atoms with van der Waals surface area (Å²) in [6.07, 6.45) is 0.303. The molecule has 0 radical (unpaired) electrons. The van der Waals surface area contributed by atoms with Gasteiger partial charge in [-0.05, 0) is 13.8 Å². The van der Waals surface area contributed by atoms with Crippen LogP contribution in [-0.4, -0.2) is 36.1 Å². The zero-order valence-electron chi connectivity index (χ0n) is 8.69. The zero-order chi connectivity index (χ0) is 10.6. The number of nitriles is 1. The number of aliphatic hydroxyl groups excluding tert-OH is 1. The van der Waals surface area contributed by atoms with E-state index in [9.17, 15) is 5.11 Å². The minimum absolute atomic E-state index is 0.312. The van der Waals surface area contributed by atoms with Gasteiger partial charge in [-0.3, -0.25) is 0 Å². The van der Waals surface area contributed by atoms with Gasteiger partial charge in [-0.1, -0.05) is 0 Å². The third kappa shape index (κ3) is 2.68. The summed E-state index contributed by atoms with van der Waals surface area (Å²) in [5, 5.41) is 18.4. The van der Waals surface area contributed by atoms with Crippen LogP contribution in [0.25, 0.3) is 0 Å². The van der Waals surface area contributed by atoms with E-state index in [2.05, 4.69) is 6.07 Å². The van der Waals surface area contributed by atoms with Gasteiger partial charge in [0.15, 0.2) is 5.60 Å². The lowest BCUT2D eigenvalue weighted by Crippen LogP contribution is -2.42. The summed E-state index contributed by atoms with van der Waals surface area (Å²) < 4.78 is 10.8. The lowest BCUT2D eigenvalue weighted by molar-refractivity contribution is -0.133. The first-order chi connectivity index (χ1) is 6.59. The fourth-order valence-electron chi connectivity index (χ4n) is 1.41. The number of hydrogen-bond donors (Lipinski definition) is 1. The Balaban J connectivity index is 2.57. The highest BCUT2D eigenvalue weighted by atomic mass is 16.5. The number of rotatable bonds is 3. The summed E-state index contributed by atoms with van der Waals surface area (Å²) in [6, 6.07) is 2.19. The molecule has 0 aromatic heterocycles. The molecule has 80 valence electrons. The van der Waals surface area contributed by atoms with Crippen molar-refractivity contribution in [1.82, 2.24) is 0 Å². The first-order valence-electron chi connectivity index (χ1n) is 4.94. The van der Waals surface area contributed by atoms with Crippen molar-refractivity contribution >= 4 is 0 Å². The van der Waals surface area contributed by atoms with E-state index in [0.717, 1.165) is 0 Å². The van der Waals surface area contributed by atoms with E-state index < -0.39 is 11.7 Å². The third-order valence-electron chi connectivity index (χ3n) is 2.60. The number of hydrogen-bond acceptors (Lipinski definition) is 4. The second kappa shape index (κ2) is 4.74. The molecule has 0 amide bonds. The van der Waals surface area contributed by atoms with Crippen LogP contribution in [0.1, 0.15) is 26.7 Å². The molecule has 0 aromatic rings. The summed E-state index contributed by atoms with van der Waals surface area (Å²) in [7, 11) is 0. The third-order valence-corrected chi connectivity index (χ3v) is 2.60. The molecule has 1 aliphatic heterocycles. The van der Waals surface area contributed by atoms with Gasteiger partial charge < -0.3 is 14.6 Å². The van der Waals surface area contributed by atoms with Crippen molar-refractivity contribution in [2.75, 3.05) is 13.2 Å². The maximum atomic E-state index is 9.30. The molecule has 1 saturated heterocycles. The Morgan fingerprint density at radius 2 is 2.00 bits per heavy atom. The van der Waals surface area contributed by atoms with Gasteiger partial charge in [0.05, 0.1) is 31.5 Å². The van der Waals surface area contributed by atoms with Crippen molar-refractivity contribution in [3.05, 3.63) is 0 Å². The van der Waals surface area contributed by atoms with E-state index in [1.807, 2.05) is 0 Å². The van der Waals surface area contributed by atoms with E-state index in [1.54, 1.807) is 13.8 Å². The van der Waals surface area contributed by atoms with Crippen LogP contribution < -0.4 is 0 Å². The molecule has 0 spiro atoms. The molecule has 1 rings (SSSR count). The molecule has 1 heterocycles. The van der Waals surface area contributed by atoms with Gasteiger partial charge in [-0.2, -0.15) is 5.26 Å². The first-order valence-corrected chi connectivity index (χ1v) is 4.94. The lowest BCUT2D eigenvalue weighted by Gasteiger charge is -2.34. The van der Waals surface area contributed by atoms with Crippen LogP contribution in [0.2, 0.25) is 0 Å². The average Bonchev–Trinajstić information content (AvgIpc) is 2.19. The quantitative estimate of drug-likeness (QED) is 0.731. The molecule has 0 aromatic carbocycles. The Kier molecular flexibility index (Phi) is 3.87. The first kappa shape index (κ1) is 11.4. The standard InChI is InChI=1S/C10H17NO3/c1-8(12)9(2)14-10(7-11)3-5-13-6-4-10/h8-9,12H,3-6H2,1-2H3. The Labute approximate surface area is 84.4 Å². The predicted octanol–water partition coefficient (Wildman–Crippen LogP) is 0.845. The van der Waals surface area contributed by atoms with Gasteiger partial charge >= 0.3 is 0 Å². The van der Waals surface area contributed by atoms with Crippen LogP contribution in [-0.2, 0) is 9.47 Å². The average molecular weight is 199 g/mol. The minimum atomic E-state index is -0.755. The van der Waals surface area contributed by atoms with Crippen LogP contribution in [0.15, 0.2) is 0 Å². The SMILES string of the molecule is CC(O)C(C)OC1(C#N)CCOCC1. The number of ether oxygens (including phenoxy) is 2. The van der Waals surface area contributed by atoms with Crippen molar-refractivity contribution in [3.63, 3.8) is 0 Å². The van der Waals surface area contributed by atoms with Crippen LogP contribution in [0.4, 0.5) is 0 Å². The monoisotopic (exact) mass is 199 g/mol. The summed E-state index contributed by atoms with van der Waals surface area (Å²) in [6.45, 7) is 4.55. The fraction of sp³-hybridized carbons (Fsp3) is 0.900. The molecule has 4 nitrogen and oxygen atoms in total. The van der Waals surface area contributed by atoms with E-state index in [1.165, 1.54) is 0 Å². The van der Waals surface area contributed by atoms with Gasteiger partial charge in [-0.15, -0.1) is 0 Å². The molecule has 2 unspecified atom stereocenters. The van der Waals surface area contributed by atoms with Crippen molar-refractivity contribution in [1.29, 1.82) is 5.26 Å². The molecule has 1 aliphatic rings. The van der Waals surface area contributed by atoms with E-state index in [-0.39, 0.29) is 6.10 Å². The Bertz CT molecular complexity index is 216. The van der Waals surface area contributed by atoms with Gasteiger partial charge in [0.25, 0.3) is 0 Å². The predicted molar refractivity (Wildman–Crippen MR) is 50.6 cm³/mol. The van der Waals surface area contributed by atoms with Gasteiger partial charge in [0.2, 0.25) is 0 Å². The van der Waals surface area contributed by atoms with E-state index in [0.29, 0.717) is 26.1 Å². The summed E-state index contributed by atoms with van der Waals surface area (Å²) in [5.41, 5.74) is -0.755. The normalized spacial score (nSPS) is 25.0. The Morgan fingerprint density at radius 1 is 1.43 bits per heavy atom. The highest BCUT2D eigenvalue weighted by molar-refractivity contribution is 5.03. The minimum Gasteiger partial charge on any atom is -0.391 e. The highest BCUT2D eigenvalue weighted by Crippen LogP contribution is 2.26. The van der Waals surface area contributed by atoms with E-state index in [4.69, 9.17) is 14.7 Å². The molecule has 0 aliphatic carbocycles.